The van der Waals surface area contributed by atoms with Crippen LogP contribution in [0.3, 0.4) is 0 Å². The molecule has 0 radical (unpaired) electrons. The van der Waals surface area contributed by atoms with Crippen LogP contribution in [0.25, 0.3) is 0 Å². The van der Waals surface area contributed by atoms with E-state index in [1.165, 1.54) is 0 Å². The Labute approximate surface area is 192 Å². The van der Waals surface area contributed by atoms with Gasteiger partial charge in [-0.3, -0.25) is 0 Å². The molecule has 0 heterocycles. The summed E-state index contributed by atoms with van der Waals surface area (Å²) in [4.78, 5) is 26.2. The van der Waals surface area contributed by atoms with E-state index in [2.05, 4.69) is 19.2 Å². The molecule has 0 saturated heterocycles. The number of amides is 1. The predicted octanol–water partition coefficient (Wildman–Crippen LogP) is 6.21. The van der Waals surface area contributed by atoms with Crippen molar-refractivity contribution in [2.24, 2.45) is 0 Å². The number of benzene rings is 2. The van der Waals surface area contributed by atoms with Crippen molar-refractivity contribution >= 4 is 36.4 Å². The zero-order chi connectivity index (χ0) is 23.0. The van der Waals surface area contributed by atoms with E-state index in [0.29, 0.717) is 17.6 Å². The first kappa shape index (κ1) is 25.4. The van der Waals surface area contributed by atoms with E-state index in [1.807, 2.05) is 63.2 Å². The van der Waals surface area contributed by atoms with Crippen molar-refractivity contribution in [3.8, 4) is 0 Å². The molecule has 1 N–H and O–H groups in total. The van der Waals surface area contributed by atoms with Crippen LogP contribution in [0.1, 0.15) is 43.9 Å². The van der Waals surface area contributed by atoms with E-state index < -0.39 is 7.26 Å². The average Bonchev–Trinajstić information content (AvgIpc) is 2.75. The average molecular weight is 464 g/mol. The van der Waals surface area contributed by atoms with Gasteiger partial charge in [-0.2, -0.15) is 0 Å². The van der Waals surface area contributed by atoms with Gasteiger partial charge in [0.2, 0.25) is 0 Å². The number of carbonyl (C=O) groups excluding carboxylic acids is 2. The van der Waals surface area contributed by atoms with Crippen molar-refractivity contribution in [3.63, 3.8) is 0 Å². The van der Waals surface area contributed by atoms with Gasteiger partial charge in [0.05, 0.1) is 0 Å². The van der Waals surface area contributed by atoms with Crippen molar-refractivity contribution < 1.29 is 14.3 Å². The van der Waals surface area contributed by atoms with Crippen molar-refractivity contribution in [1.29, 1.82) is 0 Å². The Morgan fingerprint density at radius 1 is 1.03 bits per heavy atom. The van der Waals surface area contributed by atoms with Gasteiger partial charge in [-0.1, -0.05) is 0 Å². The molecule has 1 amide bonds. The molecular weight excluding hydrogens is 429 g/mol. The molecule has 0 saturated carbocycles. The van der Waals surface area contributed by atoms with Gasteiger partial charge in [0.1, 0.15) is 0 Å². The molecule has 1 unspecified atom stereocenters. The molecule has 0 aliphatic carbocycles. The summed E-state index contributed by atoms with van der Waals surface area (Å²) in [5.74, 6) is -0.202. The van der Waals surface area contributed by atoms with Crippen LogP contribution >= 0.6 is 18.9 Å². The summed E-state index contributed by atoms with van der Waals surface area (Å²) >= 11 is 6.14. The topological polar surface area (TPSA) is 55.4 Å². The van der Waals surface area contributed by atoms with E-state index >= 15 is 0 Å². The number of hydrogen-bond donors (Lipinski definition) is 1. The van der Waals surface area contributed by atoms with E-state index in [0.717, 1.165) is 34.7 Å². The van der Waals surface area contributed by atoms with E-state index in [-0.39, 0.29) is 24.1 Å². The number of anilines is 1. The number of esters is 1. The first-order valence-corrected chi connectivity index (χ1v) is 14.1. The van der Waals surface area contributed by atoms with Crippen LogP contribution in [0.5, 0.6) is 0 Å². The first-order valence-electron chi connectivity index (χ1n) is 11.0. The summed E-state index contributed by atoms with van der Waals surface area (Å²) < 4.78 is 5.58. The first-order chi connectivity index (χ1) is 14.8. The summed E-state index contributed by atoms with van der Waals surface area (Å²) in [6.45, 7) is 10.4. The van der Waals surface area contributed by atoms with Crippen LogP contribution in [-0.2, 0) is 20.9 Å². The molecule has 0 aliphatic heterocycles. The van der Waals surface area contributed by atoms with Crippen molar-refractivity contribution in [1.82, 2.24) is 0 Å². The van der Waals surface area contributed by atoms with Crippen LogP contribution in [-0.4, -0.2) is 36.0 Å². The van der Waals surface area contributed by atoms with E-state index in [1.54, 1.807) is 0 Å². The van der Waals surface area contributed by atoms with Gasteiger partial charge in [0.25, 0.3) is 0 Å². The zero-order valence-electron chi connectivity index (χ0n) is 19.3. The Morgan fingerprint density at radius 2 is 1.61 bits per heavy atom. The minimum absolute atomic E-state index is 0.00208. The van der Waals surface area contributed by atoms with Crippen molar-refractivity contribution in [3.05, 3.63) is 64.2 Å². The summed E-state index contributed by atoms with van der Waals surface area (Å²) in [6, 6.07) is 13.4. The molecule has 0 bridgehead atoms. The molecule has 2 aromatic carbocycles. The van der Waals surface area contributed by atoms with Gasteiger partial charge in [0.15, 0.2) is 0 Å². The molecule has 0 aromatic heterocycles. The molecule has 0 spiro atoms. The number of aryl methyl sites for hydroxylation is 2. The standard InChI is InChI=1S/C25H35ClNO3P/c1-6-22(25(29)27-24-18(4)14-21(26)15-19(24)5)31(7-2,8-3)17-23(28)30-16-20-12-10-9-11-13-20/h9-15,22,31H,6-8,16-17H2,1-5H3,(H,27,29). The van der Waals surface area contributed by atoms with Gasteiger partial charge in [0, 0.05) is 0 Å². The molecule has 0 aliphatic rings. The Morgan fingerprint density at radius 3 is 2.13 bits per heavy atom. The van der Waals surface area contributed by atoms with Gasteiger partial charge >= 0.3 is 192 Å². The molecule has 31 heavy (non-hydrogen) atoms. The number of ether oxygens (including phenoxy) is 1. The fourth-order valence-corrected chi connectivity index (χ4v) is 9.14. The maximum atomic E-state index is 13.4. The molecule has 170 valence electrons. The second kappa shape index (κ2) is 11.6. The van der Waals surface area contributed by atoms with Crippen molar-refractivity contribution in [2.75, 3.05) is 23.8 Å². The monoisotopic (exact) mass is 463 g/mol. The third-order valence-electron chi connectivity index (χ3n) is 6.36. The summed E-state index contributed by atoms with van der Waals surface area (Å²) in [7, 11) is -2.25. The Hall–Kier alpha value is -1.90. The minimum atomic E-state index is -2.25. The number of halogens is 1. The predicted molar refractivity (Wildman–Crippen MR) is 134 cm³/mol. The zero-order valence-corrected chi connectivity index (χ0v) is 21.0. The van der Waals surface area contributed by atoms with Crippen LogP contribution in [0.2, 0.25) is 5.02 Å². The summed E-state index contributed by atoms with van der Waals surface area (Å²) in [6.07, 6.45) is 2.78. The maximum absolute atomic E-state index is 13.4. The summed E-state index contributed by atoms with van der Waals surface area (Å²) in [5.41, 5.74) is 3.50. The number of nitrogens with one attached hydrogen (secondary N) is 1. The Balaban J connectivity index is 2.17. The van der Waals surface area contributed by atoms with E-state index in [4.69, 9.17) is 16.3 Å². The number of hydrogen-bond acceptors (Lipinski definition) is 3. The quantitative estimate of drug-likeness (QED) is 0.336. The normalized spacial score (nSPS) is 12.8. The SMILES string of the molecule is CCC(C(=O)Nc1c(C)cc(Cl)cc1C)[PH](CC)(CC)CC(=O)OCc1ccccc1. The second-order valence-electron chi connectivity index (χ2n) is 8.26. The molecule has 2 aromatic rings. The molecule has 4 nitrogen and oxygen atoms in total. The van der Waals surface area contributed by atoms with Crippen LogP contribution < -0.4 is 5.32 Å². The number of carbonyl (C=O) groups is 2. The van der Waals surface area contributed by atoms with Gasteiger partial charge in [-0.25, -0.2) is 0 Å². The third kappa shape index (κ3) is 6.54. The molecular formula is C25H35ClNO3P. The fraction of sp³-hybridized carbons (Fsp3) is 0.440. The Kier molecular flexibility index (Phi) is 9.53. The van der Waals surface area contributed by atoms with Gasteiger partial charge < -0.3 is 0 Å². The fourth-order valence-electron chi connectivity index (χ4n) is 4.41. The number of rotatable bonds is 10. The van der Waals surface area contributed by atoms with E-state index in [9.17, 15) is 9.59 Å². The molecule has 6 heteroatoms. The third-order valence-corrected chi connectivity index (χ3v) is 12.5. The van der Waals surface area contributed by atoms with Gasteiger partial charge in [-0.05, 0) is 0 Å². The van der Waals surface area contributed by atoms with Gasteiger partial charge in [-0.15, -0.1) is 0 Å². The molecule has 2 rings (SSSR count). The van der Waals surface area contributed by atoms with Crippen molar-refractivity contribution in [2.45, 2.75) is 53.3 Å². The van der Waals surface area contributed by atoms with Crippen LogP contribution in [0.15, 0.2) is 42.5 Å². The van der Waals surface area contributed by atoms with Crippen LogP contribution in [0.4, 0.5) is 5.69 Å². The summed E-state index contributed by atoms with van der Waals surface area (Å²) in [5, 5.41) is 3.81. The van der Waals surface area contributed by atoms with Crippen LogP contribution in [0, 0.1) is 13.8 Å². The second-order valence-corrected chi connectivity index (χ2v) is 13.9. The Bertz CT molecular complexity index is 874. The molecule has 1 atom stereocenters. The molecule has 0 fully saturated rings.